The van der Waals surface area contributed by atoms with E-state index in [4.69, 9.17) is 9.47 Å². The Morgan fingerprint density at radius 1 is 1.27 bits per heavy atom. The van der Waals surface area contributed by atoms with Crippen molar-refractivity contribution in [1.29, 1.82) is 0 Å². The summed E-state index contributed by atoms with van der Waals surface area (Å²) in [6.07, 6.45) is 13.0. The summed E-state index contributed by atoms with van der Waals surface area (Å²) in [6.45, 7) is 3.80. The SMILES string of the molecule is CCCCC/C=C\COC1CCCCO1. The molecule has 15 heavy (non-hydrogen) atoms. The lowest BCUT2D eigenvalue weighted by atomic mass is 10.2. The Labute approximate surface area is 93.7 Å². The van der Waals surface area contributed by atoms with Crippen LogP contribution in [0.4, 0.5) is 0 Å². The molecule has 88 valence electrons. The van der Waals surface area contributed by atoms with Crippen molar-refractivity contribution in [2.24, 2.45) is 0 Å². The number of rotatable bonds is 7. The molecule has 2 heteroatoms. The second kappa shape index (κ2) is 8.93. The Balaban J connectivity index is 1.90. The van der Waals surface area contributed by atoms with Crippen LogP contribution in [-0.4, -0.2) is 19.5 Å². The van der Waals surface area contributed by atoms with Gasteiger partial charge >= 0.3 is 0 Å². The lowest BCUT2D eigenvalue weighted by Gasteiger charge is -2.21. The standard InChI is InChI=1S/C13H24O2/c1-2-3-4-5-6-8-11-14-13-10-7-9-12-15-13/h6,8,13H,2-5,7,9-12H2,1H3/b8-6-. The van der Waals surface area contributed by atoms with E-state index >= 15 is 0 Å². The van der Waals surface area contributed by atoms with Gasteiger partial charge in [-0.15, -0.1) is 0 Å². The predicted octanol–water partition coefficient (Wildman–Crippen LogP) is 3.67. The van der Waals surface area contributed by atoms with Crippen LogP contribution in [0.5, 0.6) is 0 Å². The molecule has 0 spiro atoms. The molecule has 0 amide bonds. The summed E-state index contributed by atoms with van der Waals surface area (Å²) in [5.41, 5.74) is 0. The Morgan fingerprint density at radius 3 is 2.93 bits per heavy atom. The molecule has 0 aromatic rings. The van der Waals surface area contributed by atoms with Gasteiger partial charge in [0.15, 0.2) is 6.29 Å². The van der Waals surface area contributed by atoms with Gasteiger partial charge in [0.1, 0.15) is 0 Å². The summed E-state index contributed by atoms with van der Waals surface area (Å²) in [6, 6.07) is 0. The van der Waals surface area contributed by atoms with Crippen molar-refractivity contribution < 1.29 is 9.47 Å². The Kier molecular flexibility index (Phi) is 7.58. The molecule has 0 aliphatic carbocycles. The molecule has 2 nitrogen and oxygen atoms in total. The van der Waals surface area contributed by atoms with E-state index in [0.717, 1.165) is 13.0 Å². The maximum Gasteiger partial charge on any atom is 0.157 e. The van der Waals surface area contributed by atoms with Crippen LogP contribution in [0.2, 0.25) is 0 Å². The normalized spacial score (nSPS) is 22.3. The molecule has 1 aliphatic heterocycles. The number of unbranched alkanes of at least 4 members (excludes halogenated alkanes) is 3. The van der Waals surface area contributed by atoms with E-state index in [-0.39, 0.29) is 6.29 Å². The van der Waals surface area contributed by atoms with Crippen LogP contribution in [-0.2, 0) is 9.47 Å². The third-order valence-corrected chi connectivity index (χ3v) is 2.66. The molecule has 0 saturated carbocycles. The summed E-state index contributed by atoms with van der Waals surface area (Å²) < 4.78 is 11.0. The molecule has 0 radical (unpaired) electrons. The topological polar surface area (TPSA) is 18.5 Å². The lowest BCUT2D eigenvalue weighted by Crippen LogP contribution is -2.22. The highest BCUT2D eigenvalue weighted by molar-refractivity contribution is 4.81. The molecule has 1 unspecified atom stereocenters. The summed E-state index contributed by atoms with van der Waals surface area (Å²) in [5, 5.41) is 0. The zero-order valence-electron chi connectivity index (χ0n) is 9.91. The van der Waals surface area contributed by atoms with Crippen molar-refractivity contribution in [2.45, 2.75) is 58.2 Å². The Bertz CT molecular complexity index is 160. The third kappa shape index (κ3) is 6.69. The van der Waals surface area contributed by atoms with Crippen LogP contribution in [0.1, 0.15) is 51.9 Å². The maximum atomic E-state index is 5.58. The summed E-state index contributed by atoms with van der Waals surface area (Å²) in [4.78, 5) is 0. The minimum atomic E-state index is 0.0547. The number of hydrogen-bond donors (Lipinski definition) is 0. The van der Waals surface area contributed by atoms with Crippen molar-refractivity contribution in [2.75, 3.05) is 13.2 Å². The minimum Gasteiger partial charge on any atom is -0.353 e. The van der Waals surface area contributed by atoms with Crippen LogP contribution in [0.15, 0.2) is 12.2 Å². The zero-order chi connectivity index (χ0) is 10.8. The molecular weight excluding hydrogens is 188 g/mol. The van der Waals surface area contributed by atoms with Gasteiger partial charge in [0.25, 0.3) is 0 Å². The van der Waals surface area contributed by atoms with E-state index < -0.39 is 0 Å². The van der Waals surface area contributed by atoms with Crippen molar-refractivity contribution >= 4 is 0 Å². The average molecular weight is 212 g/mol. The number of ether oxygens (including phenoxy) is 2. The fourth-order valence-corrected chi connectivity index (χ4v) is 1.70. The van der Waals surface area contributed by atoms with E-state index in [2.05, 4.69) is 19.1 Å². The quantitative estimate of drug-likeness (QED) is 0.473. The van der Waals surface area contributed by atoms with E-state index in [1.165, 1.54) is 38.5 Å². The van der Waals surface area contributed by atoms with Crippen molar-refractivity contribution in [1.82, 2.24) is 0 Å². The first kappa shape index (κ1) is 12.7. The number of hydrogen-bond acceptors (Lipinski definition) is 2. The molecule has 1 heterocycles. The molecule has 0 aromatic carbocycles. The first-order chi connectivity index (χ1) is 7.43. The molecule has 1 fully saturated rings. The van der Waals surface area contributed by atoms with E-state index in [0.29, 0.717) is 6.61 Å². The van der Waals surface area contributed by atoms with Gasteiger partial charge < -0.3 is 9.47 Å². The van der Waals surface area contributed by atoms with Crippen LogP contribution >= 0.6 is 0 Å². The Hall–Kier alpha value is -0.340. The van der Waals surface area contributed by atoms with E-state index in [1.807, 2.05) is 0 Å². The molecule has 0 aromatic heterocycles. The van der Waals surface area contributed by atoms with Crippen molar-refractivity contribution in [3.05, 3.63) is 12.2 Å². The van der Waals surface area contributed by atoms with Crippen molar-refractivity contribution in [3.63, 3.8) is 0 Å². The second-order valence-electron chi connectivity index (χ2n) is 4.10. The largest absolute Gasteiger partial charge is 0.353 e. The van der Waals surface area contributed by atoms with Crippen molar-refractivity contribution in [3.8, 4) is 0 Å². The van der Waals surface area contributed by atoms with Crippen LogP contribution in [0.25, 0.3) is 0 Å². The van der Waals surface area contributed by atoms with Crippen LogP contribution < -0.4 is 0 Å². The monoisotopic (exact) mass is 212 g/mol. The van der Waals surface area contributed by atoms with Gasteiger partial charge in [-0.2, -0.15) is 0 Å². The zero-order valence-corrected chi connectivity index (χ0v) is 9.91. The maximum absolute atomic E-state index is 5.58. The van der Waals surface area contributed by atoms with Gasteiger partial charge in [-0.25, -0.2) is 0 Å². The highest BCUT2D eigenvalue weighted by Crippen LogP contribution is 2.13. The van der Waals surface area contributed by atoms with Gasteiger partial charge in [0.05, 0.1) is 6.61 Å². The fraction of sp³-hybridized carbons (Fsp3) is 0.846. The fourth-order valence-electron chi connectivity index (χ4n) is 1.70. The van der Waals surface area contributed by atoms with Gasteiger partial charge in [0.2, 0.25) is 0 Å². The molecule has 1 aliphatic rings. The molecule has 1 rings (SSSR count). The molecule has 1 atom stereocenters. The smallest absolute Gasteiger partial charge is 0.157 e. The summed E-state index contributed by atoms with van der Waals surface area (Å²) in [5.74, 6) is 0. The van der Waals surface area contributed by atoms with Crippen LogP contribution in [0, 0.1) is 0 Å². The molecule has 0 bridgehead atoms. The van der Waals surface area contributed by atoms with Gasteiger partial charge in [0, 0.05) is 6.61 Å². The first-order valence-corrected chi connectivity index (χ1v) is 6.31. The lowest BCUT2D eigenvalue weighted by molar-refractivity contribution is -0.155. The number of allylic oxidation sites excluding steroid dienone is 1. The predicted molar refractivity (Wildman–Crippen MR) is 62.8 cm³/mol. The first-order valence-electron chi connectivity index (χ1n) is 6.31. The molecule has 1 saturated heterocycles. The minimum absolute atomic E-state index is 0.0547. The Morgan fingerprint density at radius 2 is 2.20 bits per heavy atom. The second-order valence-corrected chi connectivity index (χ2v) is 4.10. The van der Waals surface area contributed by atoms with E-state index in [1.54, 1.807) is 0 Å². The molecule has 0 N–H and O–H groups in total. The highest BCUT2D eigenvalue weighted by Gasteiger charge is 2.12. The van der Waals surface area contributed by atoms with E-state index in [9.17, 15) is 0 Å². The summed E-state index contributed by atoms with van der Waals surface area (Å²) in [7, 11) is 0. The van der Waals surface area contributed by atoms with Gasteiger partial charge in [-0.3, -0.25) is 0 Å². The summed E-state index contributed by atoms with van der Waals surface area (Å²) >= 11 is 0. The third-order valence-electron chi connectivity index (χ3n) is 2.66. The highest BCUT2D eigenvalue weighted by atomic mass is 16.7. The molecular formula is C13H24O2. The van der Waals surface area contributed by atoms with Gasteiger partial charge in [-0.1, -0.05) is 31.9 Å². The average Bonchev–Trinajstić information content (AvgIpc) is 2.29. The van der Waals surface area contributed by atoms with Gasteiger partial charge in [-0.05, 0) is 32.1 Å². The van der Waals surface area contributed by atoms with Crippen LogP contribution in [0.3, 0.4) is 0 Å².